The Morgan fingerprint density at radius 2 is 1.79 bits per heavy atom. The van der Waals surface area contributed by atoms with E-state index in [0.717, 1.165) is 22.7 Å². The van der Waals surface area contributed by atoms with E-state index >= 15 is 0 Å². The van der Waals surface area contributed by atoms with Crippen LogP contribution in [0.15, 0.2) is 88.6 Å². The van der Waals surface area contributed by atoms with E-state index in [2.05, 4.69) is 16.4 Å². The number of hydrogen-bond donors (Lipinski definition) is 1. The highest BCUT2D eigenvalue weighted by Crippen LogP contribution is 2.30. The van der Waals surface area contributed by atoms with Crippen LogP contribution in [-0.4, -0.2) is 23.3 Å². The lowest BCUT2D eigenvalue weighted by Crippen LogP contribution is -2.28. The van der Waals surface area contributed by atoms with Gasteiger partial charge in [-0.05, 0) is 54.4 Å². The number of hydrogen-bond acceptors (Lipinski definition) is 5. The van der Waals surface area contributed by atoms with Crippen LogP contribution in [0.1, 0.15) is 32.0 Å². The van der Waals surface area contributed by atoms with Crippen molar-refractivity contribution < 1.29 is 9.59 Å². The Morgan fingerprint density at radius 3 is 2.61 bits per heavy atom. The highest BCUT2D eigenvalue weighted by atomic mass is 32.2. The van der Waals surface area contributed by atoms with Crippen LogP contribution in [0, 0.1) is 0 Å². The summed E-state index contributed by atoms with van der Waals surface area (Å²) >= 11 is 3.16. The number of rotatable bonds is 6. The summed E-state index contributed by atoms with van der Waals surface area (Å²) in [6.45, 7) is 0.687. The molecule has 0 saturated carbocycles. The lowest BCUT2D eigenvalue weighted by Gasteiger charge is -2.17. The first-order chi connectivity index (χ1) is 16.2. The molecule has 5 rings (SSSR count). The number of amides is 2. The van der Waals surface area contributed by atoms with Gasteiger partial charge in [0.15, 0.2) is 0 Å². The van der Waals surface area contributed by atoms with Gasteiger partial charge in [-0.25, -0.2) is 4.98 Å². The zero-order valence-electron chi connectivity index (χ0n) is 17.7. The summed E-state index contributed by atoms with van der Waals surface area (Å²) in [4.78, 5) is 33.0. The molecule has 0 saturated heterocycles. The van der Waals surface area contributed by atoms with Crippen LogP contribution in [0.25, 0.3) is 0 Å². The van der Waals surface area contributed by atoms with Gasteiger partial charge in [-0.2, -0.15) is 0 Å². The largest absolute Gasteiger partial charge is 0.322 e. The number of carbonyl (C=O) groups excluding carboxylic acids is 2. The first-order valence-corrected chi connectivity index (χ1v) is 12.5. The molecule has 0 atom stereocenters. The maximum atomic E-state index is 13.0. The van der Waals surface area contributed by atoms with Gasteiger partial charge in [-0.15, -0.1) is 23.1 Å². The Hall–Kier alpha value is -3.42. The van der Waals surface area contributed by atoms with Crippen molar-refractivity contribution in [3.05, 3.63) is 106 Å². The predicted octanol–water partition coefficient (Wildman–Crippen LogP) is 5.89. The molecule has 1 aliphatic heterocycles. The molecule has 5 nitrogen and oxygen atoms in total. The standard InChI is InChI=1S/C26H21N3O2S2/c30-25(22-6-2-4-8-24(22)33-16-21-15-32-17-27-21)28-20-11-9-19(10-12-20)26(31)29-14-13-18-5-1-3-7-23(18)29/h1-12,15,17H,13-14,16H2,(H,28,30). The molecular weight excluding hydrogens is 450 g/mol. The van der Waals surface area contributed by atoms with Gasteiger partial charge in [-0.1, -0.05) is 30.3 Å². The summed E-state index contributed by atoms with van der Waals surface area (Å²) in [5.41, 5.74) is 6.85. The fourth-order valence-corrected chi connectivity index (χ4v) is 5.46. The van der Waals surface area contributed by atoms with E-state index in [-0.39, 0.29) is 11.8 Å². The van der Waals surface area contributed by atoms with Crippen LogP contribution >= 0.6 is 23.1 Å². The molecule has 33 heavy (non-hydrogen) atoms. The van der Waals surface area contributed by atoms with E-state index < -0.39 is 0 Å². The molecule has 0 bridgehead atoms. The van der Waals surface area contributed by atoms with Gasteiger partial charge >= 0.3 is 0 Å². The maximum Gasteiger partial charge on any atom is 0.258 e. The summed E-state index contributed by atoms with van der Waals surface area (Å²) in [6, 6.07) is 22.6. The predicted molar refractivity (Wildman–Crippen MR) is 134 cm³/mol. The van der Waals surface area contributed by atoms with Crippen molar-refractivity contribution in [3.8, 4) is 0 Å². The van der Waals surface area contributed by atoms with E-state index in [9.17, 15) is 9.59 Å². The Bertz CT molecular complexity index is 1290. The average Bonchev–Trinajstić information content (AvgIpc) is 3.53. The highest BCUT2D eigenvalue weighted by molar-refractivity contribution is 7.98. The molecule has 0 spiro atoms. The zero-order valence-corrected chi connectivity index (χ0v) is 19.4. The van der Waals surface area contributed by atoms with Crippen LogP contribution in [0.2, 0.25) is 0 Å². The number of benzene rings is 3. The number of fused-ring (bicyclic) bond motifs is 1. The third kappa shape index (κ3) is 4.69. The summed E-state index contributed by atoms with van der Waals surface area (Å²) in [6.07, 6.45) is 0.871. The minimum atomic E-state index is -0.177. The van der Waals surface area contributed by atoms with Crippen LogP contribution in [0.4, 0.5) is 11.4 Å². The molecule has 7 heteroatoms. The molecule has 0 aliphatic carbocycles. The average molecular weight is 472 g/mol. The van der Waals surface area contributed by atoms with Gasteiger partial charge in [0.25, 0.3) is 11.8 Å². The summed E-state index contributed by atoms with van der Waals surface area (Å²) in [5.74, 6) is 0.509. The molecule has 0 unspecified atom stereocenters. The van der Waals surface area contributed by atoms with Gasteiger partial charge < -0.3 is 10.2 Å². The number of nitrogens with one attached hydrogen (secondary N) is 1. The Labute approximate surface area is 200 Å². The van der Waals surface area contributed by atoms with E-state index in [1.807, 2.05) is 58.3 Å². The second kappa shape index (κ2) is 9.60. The number of nitrogens with zero attached hydrogens (tertiary/aromatic N) is 2. The van der Waals surface area contributed by atoms with E-state index in [4.69, 9.17) is 0 Å². The van der Waals surface area contributed by atoms with Gasteiger partial charge in [0, 0.05) is 39.5 Å². The third-order valence-electron chi connectivity index (χ3n) is 5.51. The summed E-state index contributed by atoms with van der Waals surface area (Å²) < 4.78 is 0. The Kier molecular flexibility index (Phi) is 6.24. The number of thioether (sulfide) groups is 1. The lowest BCUT2D eigenvalue weighted by atomic mass is 10.1. The van der Waals surface area contributed by atoms with Crippen molar-refractivity contribution in [1.82, 2.24) is 4.98 Å². The van der Waals surface area contributed by atoms with Crippen molar-refractivity contribution in [2.75, 3.05) is 16.8 Å². The second-order valence-electron chi connectivity index (χ2n) is 7.63. The number of para-hydroxylation sites is 1. The fraction of sp³-hybridized carbons (Fsp3) is 0.115. The molecule has 164 valence electrons. The zero-order chi connectivity index (χ0) is 22.6. The second-order valence-corrected chi connectivity index (χ2v) is 9.37. The van der Waals surface area contributed by atoms with E-state index in [1.165, 1.54) is 5.56 Å². The topological polar surface area (TPSA) is 62.3 Å². The van der Waals surface area contributed by atoms with Crippen LogP contribution in [-0.2, 0) is 12.2 Å². The van der Waals surface area contributed by atoms with Crippen LogP contribution in [0.5, 0.6) is 0 Å². The molecule has 4 aromatic rings. The van der Waals surface area contributed by atoms with Crippen molar-refractivity contribution in [3.63, 3.8) is 0 Å². The van der Waals surface area contributed by atoms with Crippen molar-refractivity contribution in [1.29, 1.82) is 0 Å². The Morgan fingerprint density at radius 1 is 1.00 bits per heavy atom. The molecule has 1 aliphatic rings. The third-order valence-corrected chi connectivity index (χ3v) is 7.26. The quantitative estimate of drug-likeness (QED) is 0.356. The Balaban J connectivity index is 1.26. The molecule has 2 heterocycles. The number of thiazole rings is 1. The van der Waals surface area contributed by atoms with Crippen LogP contribution in [0.3, 0.4) is 0 Å². The van der Waals surface area contributed by atoms with Gasteiger partial charge in [0.05, 0.1) is 16.8 Å². The van der Waals surface area contributed by atoms with Gasteiger partial charge in [-0.3, -0.25) is 9.59 Å². The summed E-state index contributed by atoms with van der Waals surface area (Å²) in [7, 11) is 0. The maximum absolute atomic E-state index is 13.0. The minimum absolute atomic E-state index is 0.0263. The van der Waals surface area contributed by atoms with Crippen molar-refractivity contribution in [2.24, 2.45) is 0 Å². The molecule has 3 aromatic carbocycles. The first-order valence-electron chi connectivity index (χ1n) is 10.6. The molecule has 1 aromatic heterocycles. The van der Waals surface area contributed by atoms with E-state index in [1.54, 1.807) is 47.4 Å². The van der Waals surface area contributed by atoms with Crippen LogP contribution < -0.4 is 10.2 Å². The number of anilines is 2. The molecule has 1 N–H and O–H groups in total. The lowest BCUT2D eigenvalue weighted by molar-refractivity contribution is 0.0988. The number of carbonyl (C=O) groups is 2. The number of aromatic nitrogens is 1. The summed E-state index contributed by atoms with van der Waals surface area (Å²) in [5, 5.41) is 4.97. The highest BCUT2D eigenvalue weighted by Gasteiger charge is 2.25. The monoisotopic (exact) mass is 471 g/mol. The normalized spacial score (nSPS) is 12.4. The van der Waals surface area contributed by atoms with Gasteiger partial charge in [0.2, 0.25) is 0 Å². The molecule has 2 amide bonds. The fourth-order valence-electron chi connectivity index (χ4n) is 3.84. The minimum Gasteiger partial charge on any atom is -0.322 e. The molecular formula is C26H21N3O2S2. The molecule has 0 fully saturated rings. The van der Waals surface area contributed by atoms with E-state index in [0.29, 0.717) is 29.1 Å². The van der Waals surface area contributed by atoms with Gasteiger partial charge in [0.1, 0.15) is 0 Å². The first kappa shape index (κ1) is 21.4. The molecule has 0 radical (unpaired) electrons. The van der Waals surface area contributed by atoms with Crippen molar-refractivity contribution in [2.45, 2.75) is 17.1 Å². The van der Waals surface area contributed by atoms with Crippen molar-refractivity contribution >= 4 is 46.3 Å². The SMILES string of the molecule is O=C(Nc1ccc(C(=O)N2CCc3ccccc32)cc1)c1ccccc1SCc1cscn1. The smallest absolute Gasteiger partial charge is 0.258 e.